The molecule has 0 bridgehead atoms. The quantitative estimate of drug-likeness (QED) is 0.851. The van der Waals surface area contributed by atoms with Crippen molar-refractivity contribution in [2.45, 2.75) is 18.9 Å². The molecule has 1 aliphatic rings. The molecule has 5 nitrogen and oxygen atoms in total. The first kappa shape index (κ1) is 15.6. The van der Waals surface area contributed by atoms with Crippen LogP contribution in [0, 0.1) is 0 Å². The van der Waals surface area contributed by atoms with Crippen LogP contribution in [0.15, 0.2) is 47.1 Å². The van der Waals surface area contributed by atoms with E-state index in [1.807, 2.05) is 41.3 Å². The summed E-state index contributed by atoms with van der Waals surface area (Å²) in [5.74, 6) is 1.74. The topological polar surface area (TPSA) is 51.9 Å². The number of benzene rings is 1. The molecule has 0 spiro atoms. The average Bonchev–Trinajstić information content (AvgIpc) is 3.14. The van der Waals surface area contributed by atoms with E-state index in [0.717, 1.165) is 17.1 Å². The first-order valence-corrected chi connectivity index (χ1v) is 7.82. The molecule has 0 saturated carbocycles. The normalized spacial score (nSPS) is 18.0. The van der Waals surface area contributed by atoms with Crippen LogP contribution >= 0.6 is 0 Å². The predicted octanol–water partition coefficient (Wildman–Crippen LogP) is 2.82. The number of carbonyl (C=O) groups excluding carboxylic acids is 1. The van der Waals surface area contributed by atoms with Crippen molar-refractivity contribution in [3.05, 3.63) is 54.0 Å². The third-order valence-corrected chi connectivity index (χ3v) is 4.04. The Kier molecular flexibility index (Phi) is 4.98. The van der Waals surface area contributed by atoms with Crippen molar-refractivity contribution >= 4 is 5.91 Å². The van der Waals surface area contributed by atoms with E-state index in [2.05, 4.69) is 0 Å². The van der Waals surface area contributed by atoms with Gasteiger partial charge in [0.2, 0.25) is 5.91 Å². The summed E-state index contributed by atoms with van der Waals surface area (Å²) in [7, 11) is 1.65. The van der Waals surface area contributed by atoms with Crippen LogP contribution in [0.1, 0.15) is 23.8 Å². The summed E-state index contributed by atoms with van der Waals surface area (Å²) in [6.07, 6.45) is 2.65. The lowest BCUT2D eigenvalue weighted by Gasteiger charge is -2.32. The zero-order valence-corrected chi connectivity index (χ0v) is 13.2. The Bertz CT molecular complexity index is 638. The highest BCUT2D eigenvalue weighted by atomic mass is 16.5. The molecule has 0 N–H and O–H groups in total. The Morgan fingerprint density at radius 1 is 1.35 bits per heavy atom. The molecule has 1 amide bonds. The van der Waals surface area contributed by atoms with Crippen LogP contribution in [0.5, 0.6) is 5.75 Å². The predicted molar refractivity (Wildman–Crippen MR) is 85.3 cm³/mol. The van der Waals surface area contributed by atoms with Crippen LogP contribution in [0.2, 0.25) is 0 Å². The lowest BCUT2D eigenvalue weighted by atomic mass is 10.1. The summed E-state index contributed by atoms with van der Waals surface area (Å²) >= 11 is 0. The first-order chi connectivity index (χ1) is 11.3. The molecule has 1 atom stereocenters. The number of ether oxygens (including phenoxy) is 2. The lowest BCUT2D eigenvalue weighted by molar-refractivity contribution is -0.139. The molecular weight excluding hydrogens is 294 g/mol. The van der Waals surface area contributed by atoms with Gasteiger partial charge in [0.25, 0.3) is 0 Å². The number of amides is 1. The summed E-state index contributed by atoms with van der Waals surface area (Å²) in [6, 6.07) is 11.6. The van der Waals surface area contributed by atoms with E-state index in [4.69, 9.17) is 13.9 Å². The largest absolute Gasteiger partial charge is 0.497 e. The molecular formula is C18H21NO4. The second-order valence-electron chi connectivity index (χ2n) is 5.57. The highest BCUT2D eigenvalue weighted by molar-refractivity contribution is 5.76. The maximum absolute atomic E-state index is 12.4. The molecule has 2 heterocycles. The van der Waals surface area contributed by atoms with Crippen molar-refractivity contribution in [2.75, 3.05) is 26.8 Å². The highest BCUT2D eigenvalue weighted by Gasteiger charge is 2.26. The van der Waals surface area contributed by atoms with Crippen LogP contribution in [0.25, 0.3) is 0 Å². The van der Waals surface area contributed by atoms with Gasteiger partial charge in [-0.05, 0) is 36.2 Å². The van der Waals surface area contributed by atoms with Crippen LogP contribution in [0.4, 0.5) is 0 Å². The molecule has 1 aromatic carbocycles. The molecule has 122 valence electrons. The van der Waals surface area contributed by atoms with E-state index in [9.17, 15) is 4.79 Å². The van der Waals surface area contributed by atoms with Gasteiger partial charge in [0.1, 0.15) is 17.6 Å². The van der Waals surface area contributed by atoms with Crippen molar-refractivity contribution < 1.29 is 18.7 Å². The van der Waals surface area contributed by atoms with E-state index in [1.165, 1.54) is 0 Å². The molecule has 0 radical (unpaired) electrons. The average molecular weight is 315 g/mol. The van der Waals surface area contributed by atoms with Crippen LogP contribution in [0.3, 0.4) is 0 Å². The third-order valence-electron chi connectivity index (χ3n) is 4.04. The Morgan fingerprint density at radius 2 is 2.26 bits per heavy atom. The number of furan rings is 1. The fourth-order valence-electron chi connectivity index (χ4n) is 2.76. The van der Waals surface area contributed by atoms with Gasteiger partial charge in [0.15, 0.2) is 0 Å². The maximum atomic E-state index is 12.4. The fourth-order valence-corrected chi connectivity index (χ4v) is 2.76. The molecule has 3 rings (SSSR count). The van der Waals surface area contributed by atoms with Crippen molar-refractivity contribution in [1.29, 1.82) is 0 Å². The molecule has 23 heavy (non-hydrogen) atoms. The van der Waals surface area contributed by atoms with Gasteiger partial charge in [-0.3, -0.25) is 4.79 Å². The smallest absolute Gasteiger partial charge is 0.223 e. The van der Waals surface area contributed by atoms with Gasteiger partial charge in [-0.1, -0.05) is 12.1 Å². The van der Waals surface area contributed by atoms with Crippen molar-refractivity contribution in [1.82, 2.24) is 4.90 Å². The number of rotatable bonds is 5. The number of methoxy groups -OCH3 is 1. The molecule has 1 aromatic heterocycles. The molecule has 1 aliphatic heterocycles. The molecule has 1 unspecified atom stereocenters. The Morgan fingerprint density at radius 3 is 3.04 bits per heavy atom. The SMILES string of the molecule is COc1cccc(CCC(=O)N2CCOC(c3ccco3)C2)c1. The van der Waals surface area contributed by atoms with Gasteiger partial charge in [-0.2, -0.15) is 0 Å². The van der Waals surface area contributed by atoms with Crippen LogP contribution < -0.4 is 4.74 Å². The molecule has 2 aromatic rings. The van der Waals surface area contributed by atoms with Crippen molar-refractivity contribution in [3.63, 3.8) is 0 Å². The Hall–Kier alpha value is -2.27. The summed E-state index contributed by atoms with van der Waals surface area (Å²) in [5.41, 5.74) is 1.11. The van der Waals surface area contributed by atoms with E-state index in [-0.39, 0.29) is 12.0 Å². The maximum Gasteiger partial charge on any atom is 0.223 e. The zero-order chi connectivity index (χ0) is 16.1. The fraction of sp³-hybridized carbons (Fsp3) is 0.389. The van der Waals surface area contributed by atoms with Crippen LogP contribution in [-0.4, -0.2) is 37.6 Å². The van der Waals surface area contributed by atoms with Gasteiger partial charge < -0.3 is 18.8 Å². The minimum Gasteiger partial charge on any atom is -0.497 e. The summed E-state index contributed by atoms with van der Waals surface area (Å²) in [6.45, 7) is 1.72. The summed E-state index contributed by atoms with van der Waals surface area (Å²) in [4.78, 5) is 14.3. The van der Waals surface area contributed by atoms with Crippen molar-refractivity contribution in [2.24, 2.45) is 0 Å². The van der Waals surface area contributed by atoms with E-state index in [1.54, 1.807) is 13.4 Å². The summed E-state index contributed by atoms with van der Waals surface area (Å²) in [5, 5.41) is 0. The number of hydrogen-bond acceptors (Lipinski definition) is 4. The third kappa shape index (κ3) is 3.93. The standard InChI is InChI=1S/C18H21NO4/c1-21-15-5-2-4-14(12-15)7-8-18(20)19-9-11-23-17(13-19)16-6-3-10-22-16/h2-6,10,12,17H,7-9,11,13H2,1H3. The van der Waals surface area contributed by atoms with Crippen LogP contribution in [-0.2, 0) is 16.0 Å². The lowest BCUT2D eigenvalue weighted by Crippen LogP contribution is -2.42. The molecule has 5 heteroatoms. The number of carbonyl (C=O) groups is 1. The van der Waals surface area contributed by atoms with Crippen molar-refractivity contribution in [3.8, 4) is 5.75 Å². The van der Waals surface area contributed by atoms with Gasteiger partial charge in [0, 0.05) is 13.0 Å². The van der Waals surface area contributed by atoms with Gasteiger partial charge >= 0.3 is 0 Å². The second-order valence-corrected chi connectivity index (χ2v) is 5.57. The van der Waals surface area contributed by atoms with Gasteiger partial charge in [-0.15, -0.1) is 0 Å². The number of hydrogen-bond donors (Lipinski definition) is 0. The zero-order valence-electron chi connectivity index (χ0n) is 13.2. The Labute approximate surface area is 135 Å². The number of nitrogens with zero attached hydrogens (tertiary/aromatic N) is 1. The number of aryl methyl sites for hydroxylation is 1. The molecule has 1 fully saturated rings. The van der Waals surface area contributed by atoms with E-state index >= 15 is 0 Å². The minimum absolute atomic E-state index is 0.146. The molecule has 0 aliphatic carbocycles. The van der Waals surface area contributed by atoms with Gasteiger partial charge in [-0.25, -0.2) is 0 Å². The van der Waals surface area contributed by atoms with E-state index in [0.29, 0.717) is 32.5 Å². The minimum atomic E-state index is -0.167. The molecule has 1 saturated heterocycles. The Balaban J connectivity index is 1.55. The first-order valence-electron chi connectivity index (χ1n) is 7.82. The van der Waals surface area contributed by atoms with Gasteiger partial charge in [0.05, 0.1) is 26.5 Å². The number of morpholine rings is 1. The van der Waals surface area contributed by atoms with E-state index < -0.39 is 0 Å². The summed E-state index contributed by atoms with van der Waals surface area (Å²) < 4.78 is 16.3. The monoisotopic (exact) mass is 315 g/mol. The second kappa shape index (κ2) is 7.33. The highest BCUT2D eigenvalue weighted by Crippen LogP contribution is 2.23.